The lowest BCUT2D eigenvalue weighted by Crippen LogP contribution is -2.71. The summed E-state index contributed by atoms with van der Waals surface area (Å²) in [5, 5.41) is 11.0. The molecule has 0 saturated heterocycles. The van der Waals surface area contributed by atoms with Crippen LogP contribution in [0, 0.1) is 29.1 Å². The number of rotatable bonds is 4. The van der Waals surface area contributed by atoms with Gasteiger partial charge in [-0.3, -0.25) is 4.79 Å². The van der Waals surface area contributed by atoms with Gasteiger partial charge in [-0.05, 0) is 64.2 Å². The van der Waals surface area contributed by atoms with Crippen molar-refractivity contribution in [2.45, 2.75) is 78.9 Å². The van der Waals surface area contributed by atoms with Gasteiger partial charge in [0.05, 0.1) is 6.10 Å². The summed E-state index contributed by atoms with van der Waals surface area (Å²) in [4.78, 5) is 11.8. The number of hydrogen-bond donors (Lipinski definition) is 1. The van der Waals surface area contributed by atoms with E-state index >= 15 is 0 Å². The van der Waals surface area contributed by atoms with Gasteiger partial charge < -0.3 is 9.84 Å². The third-order valence-electron chi connectivity index (χ3n) is 7.59. The fraction of sp³-hybridized carbons (Fsp3) is 0.773. The summed E-state index contributed by atoms with van der Waals surface area (Å²) in [7, 11) is 0. The van der Waals surface area contributed by atoms with E-state index in [2.05, 4.69) is 46.8 Å². The molecular formula is C22H34O3. The lowest BCUT2D eigenvalue weighted by atomic mass is 9.43. The highest BCUT2D eigenvalue weighted by Crippen LogP contribution is 2.76. The van der Waals surface area contributed by atoms with E-state index in [1.165, 1.54) is 18.1 Å². The van der Waals surface area contributed by atoms with Crippen LogP contribution in [0.5, 0.6) is 0 Å². The summed E-state index contributed by atoms with van der Waals surface area (Å²) in [5.74, 6) is 1.55. The minimum Gasteiger partial charge on any atom is -0.458 e. The third kappa shape index (κ3) is 2.53. The van der Waals surface area contributed by atoms with Gasteiger partial charge in [0.1, 0.15) is 5.60 Å². The molecule has 0 bridgehead atoms. The van der Waals surface area contributed by atoms with Crippen molar-refractivity contribution in [2.75, 3.05) is 0 Å². The maximum atomic E-state index is 11.8. The maximum Gasteiger partial charge on any atom is 0.303 e. The van der Waals surface area contributed by atoms with E-state index in [1.54, 1.807) is 0 Å². The Morgan fingerprint density at radius 1 is 1.20 bits per heavy atom. The highest BCUT2D eigenvalue weighted by Gasteiger charge is 2.80. The SMILES string of the molecule is CC(=O)O[C@]12CC[C@@H](C)[C@H]1[C@@H]1[C@H](/C(C)=C\CC=C(C)C)C[C@H](O)[C@@]12C. The van der Waals surface area contributed by atoms with Crippen molar-refractivity contribution in [3.05, 3.63) is 23.3 Å². The largest absolute Gasteiger partial charge is 0.458 e. The topological polar surface area (TPSA) is 46.5 Å². The van der Waals surface area contributed by atoms with Gasteiger partial charge in [0.2, 0.25) is 0 Å². The summed E-state index contributed by atoms with van der Waals surface area (Å²) in [6, 6.07) is 0. The zero-order chi connectivity index (χ0) is 18.6. The molecular weight excluding hydrogens is 312 g/mol. The quantitative estimate of drug-likeness (QED) is 0.595. The molecule has 0 aromatic carbocycles. The Morgan fingerprint density at radius 3 is 2.48 bits per heavy atom. The van der Waals surface area contributed by atoms with Crippen LogP contribution in [0.4, 0.5) is 0 Å². The molecule has 0 radical (unpaired) electrons. The second-order valence-corrected chi connectivity index (χ2v) is 9.16. The number of esters is 1. The van der Waals surface area contributed by atoms with Gasteiger partial charge in [0.15, 0.2) is 0 Å². The first-order valence-corrected chi connectivity index (χ1v) is 9.82. The minimum atomic E-state index is -0.447. The third-order valence-corrected chi connectivity index (χ3v) is 7.59. The van der Waals surface area contributed by atoms with Crippen LogP contribution in [0.3, 0.4) is 0 Å². The van der Waals surface area contributed by atoms with Crippen molar-refractivity contribution < 1.29 is 14.6 Å². The Labute approximate surface area is 152 Å². The van der Waals surface area contributed by atoms with E-state index < -0.39 is 11.7 Å². The van der Waals surface area contributed by atoms with Crippen LogP contribution in [0.15, 0.2) is 23.3 Å². The van der Waals surface area contributed by atoms with Gasteiger partial charge in [0.25, 0.3) is 0 Å². The Kier molecular flexibility index (Phi) is 4.68. The van der Waals surface area contributed by atoms with Gasteiger partial charge in [-0.15, -0.1) is 0 Å². The number of allylic oxidation sites excluding steroid dienone is 4. The minimum absolute atomic E-state index is 0.203. The van der Waals surface area contributed by atoms with Crippen LogP contribution in [-0.2, 0) is 9.53 Å². The molecule has 3 aliphatic carbocycles. The first-order valence-electron chi connectivity index (χ1n) is 9.82. The van der Waals surface area contributed by atoms with Crippen molar-refractivity contribution in [2.24, 2.45) is 29.1 Å². The van der Waals surface area contributed by atoms with E-state index in [4.69, 9.17) is 4.74 Å². The fourth-order valence-corrected chi connectivity index (χ4v) is 6.47. The molecule has 0 unspecified atom stereocenters. The first kappa shape index (κ1) is 18.7. The van der Waals surface area contributed by atoms with E-state index in [-0.39, 0.29) is 11.4 Å². The van der Waals surface area contributed by atoms with E-state index in [9.17, 15) is 9.90 Å². The summed E-state index contributed by atoms with van der Waals surface area (Å²) >= 11 is 0. The highest BCUT2D eigenvalue weighted by molar-refractivity contribution is 5.67. The van der Waals surface area contributed by atoms with Gasteiger partial charge in [0, 0.05) is 18.3 Å². The number of ether oxygens (including phenoxy) is 1. The van der Waals surface area contributed by atoms with Gasteiger partial charge in [-0.1, -0.05) is 37.1 Å². The normalized spacial score (nSPS) is 45.4. The average molecular weight is 347 g/mol. The molecule has 25 heavy (non-hydrogen) atoms. The number of fused-ring (bicyclic) bond motifs is 4. The Balaban J connectivity index is 1.91. The summed E-state index contributed by atoms with van der Waals surface area (Å²) in [5.41, 5.74) is 1.98. The molecule has 0 aromatic heterocycles. The Morgan fingerprint density at radius 2 is 1.88 bits per heavy atom. The van der Waals surface area contributed by atoms with Crippen molar-refractivity contribution in [3.63, 3.8) is 0 Å². The smallest absolute Gasteiger partial charge is 0.303 e. The van der Waals surface area contributed by atoms with Gasteiger partial charge in [-0.2, -0.15) is 0 Å². The molecule has 3 fully saturated rings. The van der Waals surface area contributed by atoms with Crippen molar-refractivity contribution in [1.82, 2.24) is 0 Å². The molecule has 3 heteroatoms. The number of hydrogen-bond acceptors (Lipinski definition) is 3. The lowest BCUT2D eigenvalue weighted by Gasteiger charge is -2.65. The van der Waals surface area contributed by atoms with Crippen LogP contribution in [0.25, 0.3) is 0 Å². The second kappa shape index (κ2) is 6.26. The predicted molar refractivity (Wildman–Crippen MR) is 99.9 cm³/mol. The molecule has 3 nitrogen and oxygen atoms in total. The van der Waals surface area contributed by atoms with Gasteiger partial charge >= 0.3 is 5.97 Å². The molecule has 7 atom stereocenters. The number of carbonyl (C=O) groups excluding carboxylic acids is 1. The molecule has 0 heterocycles. The molecule has 3 saturated carbocycles. The molecule has 3 rings (SSSR count). The predicted octanol–water partition coefficient (Wildman–Crippen LogP) is 4.65. The number of aliphatic hydroxyl groups is 1. The summed E-state index contributed by atoms with van der Waals surface area (Å²) in [6.45, 7) is 12.4. The van der Waals surface area contributed by atoms with E-state index in [1.807, 2.05) is 0 Å². The summed E-state index contributed by atoms with van der Waals surface area (Å²) in [6.07, 6.45) is 7.91. The lowest BCUT2D eigenvalue weighted by molar-refractivity contribution is -0.277. The molecule has 0 amide bonds. The molecule has 0 spiro atoms. The standard InChI is InChI=1S/C22H34O3/c1-13(2)8-7-9-14(3)17-12-18(24)21(6)20(17)19-15(4)10-11-22(19,21)25-16(5)23/h8-9,15,17-20,24H,7,10-12H2,1-6H3/b14-9-/t15-,17+,18+,19+,20+,21+,22-/m1/s1. The van der Waals surface area contributed by atoms with Crippen LogP contribution in [0.2, 0.25) is 0 Å². The Hall–Kier alpha value is -1.09. The van der Waals surface area contributed by atoms with Crippen molar-refractivity contribution in [1.29, 1.82) is 0 Å². The molecule has 0 aliphatic heterocycles. The summed E-state index contributed by atoms with van der Waals surface area (Å²) < 4.78 is 5.97. The average Bonchev–Trinajstić information content (AvgIpc) is 2.91. The number of carbonyl (C=O) groups is 1. The van der Waals surface area contributed by atoms with Crippen LogP contribution >= 0.6 is 0 Å². The molecule has 3 aliphatic rings. The van der Waals surface area contributed by atoms with Crippen LogP contribution in [0.1, 0.15) is 67.2 Å². The van der Waals surface area contributed by atoms with E-state index in [0.717, 1.165) is 25.7 Å². The van der Waals surface area contributed by atoms with Crippen molar-refractivity contribution in [3.8, 4) is 0 Å². The molecule has 1 N–H and O–H groups in total. The van der Waals surface area contributed by atoms with Crippen LogP contribution in [-0.4, -0.2) is 22.8 Å². The monoisotopic (exact) mass is 346 g/mol. The zero-order valence-electron chi connectivity index (χ0n) is 16.6. The first-order chi connectivity index (χ1) is 11.6. The van der Waals surface area contributed by atoms with Crippen molar-refractivity contribution >= 4 is 5.97 Å². The second-order valence-electron chi connectivity index (χ2n) is 9.16. The fourth-order valence-electron chi connectivity index (χ4n) is 6.47. The zero-order valence-corrected chi connectivity index (χ0v) is 16.6. The van der Waals surface area contributed by atoms with Gasteiger partial charge in [-0.25, -0.2) is 0 Å². The molecule has 140 valence electrons. The maximum absolute atomic E-state index is 11.8. The van der Waals surface area contributed by atoms with Crippen LogP contribution < -0.4 is 0 Å². The van der Waals surface area contributed by atoms with E-state index in [0.29, 0.717) is 23.7 Å². The Bertz CT molecular complexity index is 615. The number of aliphatic hydroxyl groups excluding tert-OH is 1. The molecule has 0 aromatic rings. The highest BCUT2D eigenvalue weighted by atomic mass is 16.6.